The third-order valence-electron chi connectivity index (χ3n) is 3.86. The van der Waals surface area contributed by atoms with Crippen molar-refractivity contribution in [1.29, 1.82) is 0 Å². The molecule has 0 aliphatic carbocycles. The number of nitrogens with zero attached hydrogens (tertiary/aromatic N) is 1. The highest BCUT2D eigenvalue weighted by molar-refractivity contribution is 7.89. The summed E-state index contributed by atoms with van der Waals surface area (Å²) < 4.78 is 45.3. The summed E-state index contributed by atoms with van der Waals surface area (Å²) >= 11 is 6.07. The van der Waals surface area contributed by atoms with Crippen LogP contribution in [0.3, 0.4) is 0 Å². The van der Waals surface area contributed by atoms with Gasteiger partial charge in [0, 0.05) is 24.3 Å². The number of carbonyl (C=O) groups is 1. The zero-order chi connectivity index (χ0) is 18.7. The summed E-state index contributed by atoms with van der Waals surface area (Å²) in [7, 11) is -3.85. The SMILES string of the molecule is O=C(Nc1cccc(F)c1)c1ccc(Cl)c(S(=O)(=O)N2CCOCC2)c1. The number of ether oxygens (including phenoxy) is 1. The molecule has 3 rings (SSSR count). The molecule has 6 nitrogen and oxygen atoms in total. The Morgan fingerprint density at radius 2 is 1.88 bits per heavy atom. The van der Waals surface area contributed by atoms with Crippen molar-refractivity contribution in [3.8, 4) is 0 Å². The smallest absolute Gasteiger partial charge is 0.255 e. The minimum Gasteiger partial charge on any atom is -0.379 e. The van der Waals surface area contributed by atoms with Gasteiger partial charge in [0.15, 0.2) is 0 Å². The predicted octanol–water partition coefficient (Wildman–Crippen LogP) is 2.75. The van der Waals surface area contributed by atoms with E-state index < -0.39 is 21.7 Å². The molecule has 0 unspecified atom stereocenters. The fourth-order valence-corrected chi connectivity index (χ4v) is 4.45. The van der Waals surface area contributed by atoms with E-state index >= 15 is 0 Å². The predicted molar refractivity (Wildman–Crippen MR) is 95.4 cm³/mol. The Kier molecular flexibility index (Phi) is 5.57. The van der Waals surface area contributed by atoms with E-state index in [4.69, 9.17) is 16.3 Å². The molecular weight excluding hydrogens is 383 g/mol. The maximum absolute atomic E-state index is 13.2. The Morgan fingerprint density at radius 3 is 2.58 bits per heavy atom. The molecule has 9 heteroatoms. The summed E-state index contributed by atoms with van der Waals surface area (Å²) in [6.07, 6.45) is 0. The van der Waals surface area contributed by atoms with Gasteiger partial charge in [-0.05, 0) is 36.4 Å². The number of hydrogen-bond acceptors (Lipinski definition) is 4. The van der Waals surface area contributed by atoms with Gasteiger partial charge in [-0.25, -0.2) is 12.8 Å². The Labute approximate surface area is 155 Å². The van der Waals surface area contributed by atoms with Crippen LogP contribution in [0.4, 0.5) is 10.1 Å². The van der Waals surface area contributed by atoms with E-state index in [0.29, 0.717) is 13.2 Å². The first-order valence-electron chi connectivity index (χ1n) is 7.82. The number of carbonyl (C=O) groups excluding carboxylic acids is 1. The second-order valence-electron chi connectivity index (χ2n) is 5.63. The molecule has 1 N–H and O–H groups in total. The fraction of sp³-hybridized carbons (Fsp3) is 0.235. The molecule has 0 spiro atoms. The Hall–Kier alpha value is -2.00. The molecule has 1 saturated heterocycles. The topological polar surface area (TPSA) is 75.7 Å². The minimum atomic E-state index is -3.85. The molecule has 1 fully saturated rings. The van der Waals surface area contributed by atoms with Crippen LogP contribution in [-0.4, -0.2) is 44.9 Å². The van der Waals surface area contributed by atoms with Gasteiger partial charge in [-0.15, -0.1) is 0 Å². The van der Waals surface area contributed by atoms with Gasteiger partial charge in [0.2, 0.25) is 10.0 Å². The Morgan fingerprint density at radius 1 is 1.15 bits per heavy atom. The third-order valence-corrected chi connectivity index (χ3v) is 6.24. The number of halogens is 2. The van der Waals surface area contributed by atoms with Crippen molar-refractivity contribution in [2.75, 3.05) is 31.6 Å². The quantitative estimate of drug-likeness (QED) is 0.859. The van der Waals surface area contributed by atoms with Crippen LogP contribution in [0.1, 0.15) is 10.4 Å². The molecule has 0 atom stereocenters. The first-order valence-corrected chi connectivity index (χ1v) is 9.64. The van der Waals surface area contributed by atoms with E-state index in [1.165, 1.54) is 46.8 Å². The molecule has 138 valence electrons. The van der Waals surface area contributed by atoms with E-state index in [-0.39, 0.29) is 34.3 Å². The number of sulfonamides is 1. The molecule has 0 aromatic heterocycles. The standard InChI is InChI=1S/C17H16ClFN2O4S/c18-15-5-4-12(17(22)20-14-3-1-2-13(19)11-14)10-16(15)26(23,24)21-6-8-25-9-7-21/h1-5,10-11H,6-9H2,(H,20,22). The molecule has 0 saturated carbocycles. The number of benzene rings is 2. The molecule has 1 heterocycles. The molecule has 0 radical (unpaired) electrons. The Balaban J connectivity index is 1.88. The zero-order valence-corrected chi connectivity index (χ0v) is 15.2. The minimum absolute atomic E-state index is 0.0267. The molecule has 1 aliphatic heterocycles. The van der Waals surface area contributed by atoms with Crippen LogP contribution in [0, 0.1) is 5.82 Å². The highest BCUT2D eigenvalue weighted by atomic mass is 35.5. The van der Waals surface area contributed by atoms with Crippen LogP contribution >= 0.6 is 11.6 Å². The summed E-state index contributed by atoms with van der Waals surface area (Å²) in [6.45, 7) is 1.05. The monoisotopic (exact) mass is 398 g/mol. The van der Waals surface area contributed by atoms with Crippen molar-refractivity contribution in [2.45, 2.75) is 4.90 Å². The van der Waals surface area contributed by atoms with E-state index in [1.807, 2.05) is 0 Å². The van der Waals surface area contributed by atoms with Gasteiger partial charge in [-0.1, -0.05) is 17.7 Å². The lowest BCUT2D eigenvalue weighted by molar-refractivity contribution is 0.0730. The molecule has 26 heavy (non-hydrogen) atoms. The van der Waals surface area contributed by atoms with Crippen molar-refractivity contribution in [1.82, 2.24) is 4.31 Å². The van der Waals surface area contributed by atoms with Gasteiger partial charge in [0.05, 0.1) is 18.2 Å². The first-order chi connectivity index (χ1) is 12.4. The van der Waals surface area contributed by atoms with E-state index in [9.17, 15) is 17.6 Å². The molecule has 0 bridgehead atoms. The number of anilines is 1. The second kappa shape index (κ2) is 7.71. The normalized spacial score (nSPS) is 15.6. The van der Waals surface area contributed by atoms with Gasteiger partial charge in [0.1, 0.15) is 10.7 Å². The van der Waals surface area contributed by atoms with Crippen LogP contribution in [0.15, 0.2) is 47.4 Å². The summed E-state index contributed by atoms with van der Waals surface area (Å²) in [4.78, 5) is 12.2. The Bertz CT molecular complexity index is 930. The lowest BCUT2D eigenvalue weighted by Crippen LogP contribution is -2.40. The van der Waals surface area contributed by atoms with Crippen LogP contribution in [0.5, 0.6) is 0 Å². The number of amides is 1. The molecular formula is C17H16ClFN2O4S. The van der Waals surface area contributed by atoms with Crippen LogP contribution in [-0.2, 0) is 14.8 Å². The van der Waals surface area contributed by atoms with Crippen LogP contribution in [0.2, 0.25) is 5.02 Å². The lowest BCUT2D eigenvalue weighted by atomic mass is 10.2. The number of nitrogens with one attached hydrogen (secondary N) is 1. The average Bonchev–Trinajstić information content (AvgIpc) is 2.62. The van der Waals surface area contributed by atoms with Crippen molar-refractivity contribution >= 4 is 33.2 Å². The highest BCUT2D eigenvalue weighted by Gasteiger charge is 2.29. The highest BCUT2D eigenvalue weighted by Crippen LogP contribution is 2.27. The largest absolute Gasteiger partial charge is 0.379 e. The van der Waals surface area contributed by atoms with E-state index in [1.54, 1.807) is 0 Å². The summed E-state index contributed by atoms with van der Waals surface area (Å²) in [5.41, 5.74) is 0.369. The first kappa shape index (κ1) is 18.8. The van der Waals surface area contributed by atoms with E-state index in [0.717, 1.165) is 0 Å². The second-order valence-corrected chi connectivity index (χ2v) is 7.94. The average molecular weight is 399 g/mol. The third kappa shape index (κ3) is 4.04. The van der Waals surface area contributed by atoms with Crippen molar-refractivity contribution < 1.29 is 22.3 Å². The number of hydrogen-bond donors (Lipinski definition) is 1. The maximum Gasteiger partial charge on any atom is 0.255 e. The number of rotatable bonds is 4. The lowest BCUT2D eigenvalue weighted by Gasteiger charge is -2.26. The van der Waals surface area contributed by atoms with Crippen molar-refractivity contribution in [2.24, 2.45) is 0 Å². The van der Waals surface area contributed by atoms with Gasteiger partial charge in [0.25, 0.3) is 5.91 Å². The van der Waals surface area contributed by atoms with Gasteiger partial charge >= 0.3 is 0 Å². The zero-order valence-electron chi connectivity index (χ0n) is 13.6. The van der Waals surface area contributed by atoms with Gasteiger partial charge in [-0.3, -0.25) is 4.79 Å². The van der Waals surface area contributed by atoms with E-state index in [2.05, 4.69) is 5.32 Å². The summed E-state index contributed by atoms with van der Waals surface area (Å²) in [6, 6.07) is 9.40. The number of morpholine rings is 1. The summed E-state index contributed by atoms with van der Waals surface area (Å²) in [5, 5.41) is 2.55. The van der Waals surface area contributed by atoms with Gasteiger partial charge < -0.3 is 10.1 Å². The maximum atomic E-state index is 13.2. The molecule has 2 aromatic carbocycles. The molecule has 2 aromatic rings. The summed E-state index contributed by atoms with van der Waals surface area (Å²) in [5.74, 6) is -1.06. The fourth-order valence-electron chi connectivity index (χ4n) is 2.54. The van der Waals surface area contributed by atoms with Crippen molar-refractivity contribution in [3.05, 3.63) is 58.9 Å². The van der Waals surface area contributed by atoms with Crippen molar-refractivity contribution in [3.63, 3.8) is 0 Å². The van der Waals surface area contributed by atoms with Crippen LogP contribution < -0.4 is 5.32 Å². The van der Waals surface area contributed by atoms with Crippen LogP contribution in [0.25, 0.3) is 0 Å². The molecule has 1 amide bonds. The van der Waals surface area contributed by atoms with Gasteiger partial charge in [-0.2, -0.15) is 4.31 Å². The molecule has 1 aliphatic rings.